The smallest absolute Gasteiger partial charge is 0.182 e. The lowest BCUT2D eigenvalue weighted by Gasteiger charge is -2.22. The fourth-order valence-corrected chi connectivity index (χ4v) is 2.11. The molecule has 1 heterocycles. The van der Waals surface area contributed by atoms with Crippen LogP contribution in [-0.4, -0.2) is 18.4 Å². The molecule has 1 saturated heterocycles. The van der Waals surface area contributed by atoms with E-state index < -0.39 is 11.6 Å². The molecule has 4 heteroatoms. The highest BCUT2D eigenvalue weighted by Gasteiger charge is 2.24. The summed E-state index contributed by atoms with van der Waals surface area (Å²) in [6.45, 7) is 2.30. The Balaban J connectivity index is 2.26. The summed E-state index contributed by atoms with van der Waals surface area (Å²) in [6, 6.07) is 1.75. The molecule has 1 N–H and O–H groups in total. The topological polar surface area (TPSA) is 29.1 Å². The minimum atomic E-state index is -0.773. The number of nitrogens with one attached hydrogen (secondary N) is 1. The van der Waals surface area contributed by atoms with Crippen molar-refractivity contribution in [3.05, 3.63) is 34.9 Å². The Morgan fingerprint density at radius 3 is 2.71 bits per heavy atom. The highest BCUT2D eigenvalue weighted by Crippen LogP contribution is 2.18. The van der Waals surface area contributed by atoms with Crippen LogP contribution in [0.5, 0.6) is 0 Å². The molecular weight excluding hydrogens is 224 g/mol. The van der Waals surface area contributed by atoms with Gasteiger partial charge >= 0.3 is 0 Å². The van der Waals surface area contributed by atoms with Crippen LogP contribution in [0.4, 0.5) is 8.78 Å². The summed E-state index contributed by atoms with van der Waals surface area (Å²) < 4.78 is 26.6. The van der Waals surface area contributed by atoms with Crippen LogP contribution in [0.3, 0.4) is 0 Å². The zero-order valence-electron chi connectivity index (χ0n) is 9.72. The van der Waals surface area contributed by atoms with Gasteiger partial charge < -0.3 is 5.32 Å². The van der Waals surface area contributed by atoms with Crippen molar-refractivity contribution in [1.29, 1.82) is 0 Å². The Labute approximate surface area is 99.0 Å². The molecular formula is C13H15F2NO. The Bertz CT molecular complexity index is 439. The Kier molecular flexibility index (Phi) is 3.52. The van der Waals surface area contributed by atoms with Crippen LogP contribution < -0.4 is 5.32 Å². The number of aryl methyl sites for hydroxylation is 1. The van der Waals surface area contributed by atoms with Gasteiger partial charge in [0.05, 0.1) is 11.6 Å². The van der Waals surface area contributed by atoms with E-state index in [9.17, 15) is 13.6 Å². The number of ketones is 1. The van der Waals surface area contributed by atoms with Crippen molar-refractivity contribution in [3.8, 4) is 0 Å². The van der Waals surface area contributed by atoms with Crippen molar-refractivity contribution in [1.82, 2.24) is 5.32 Å². The van der Waals surface area contributed by atoms with Crippen molar-refractivity contribution in [2.75, 3.05) is 6.54 Å². The van der Waals surface area contributed by atoms with Crippen LogP contribution in [0.1, 0.15) is 35.2 Å². The van der Waals surface area contributed by atoms with E-state index in [2.05, 4.69) is 5.32 Å². The SMILES string of the molecule is Cc1cc(C(=O)C2CCCCN2)c(F)cc1F. The maximum absolute atomic E-state index is 13.5. The minimum Gasteiger partial charge on any atom is -0.307 e. The van der Waals surface area contributed by atoms with E-state index >= 15 is 0 Å². The zero-order valence-corrected chi connectivity index (χ0v) is 9.72. The lowest BCUT2D eigenvalue weighted by Crippen LogP contribution is -2.40. The molecule has 17 heavy (non-hydrogen) atoms. The predicted octanol–water partition coefficient (Wildman–Crippen LogP) is 2.60. The molecule has 1 fully saturated rings. The van der Waals surface area contributed by atoms with Gasteiger partial charge in [0.1, 0.15) is 11.6 Å². The normalized spacial score (nSPS) is 20.3. The van der Waals surface area contributed by atoms with Crippen LogP contribution in [0.15, 0.2) is 12.1 Å². The summed E-state index contributed by atoms with van der Waals surface area (Å²) in [4.78, 5) is 12.1. The molecule has 0 bridgehead atoms. The number of benzene rings is 1. The van der Waals surface area contributed by atoms with E-state index in [1.807, 2.05) is 0 Å². The molecule has 2 rings (SSSR count). The van der Waals surface area contributed by atoms with Gasteiger partial charge in [-0.3, -0.25) is 4.79 Å². The summed E-state index contributed by atoms with van der Waals surface area (Å²) in [5.74, 6) is -1.66. The van der Waals surface area contributed by atoms with Crippen LogP contribution in [0.2, 0.25) is 0 Å². The highest BCUT2D eigenvalue weighted by molar-refractivity contribution is 6.00. The lowest BCUT2D eigenvalue weighted by atomic mass is 9.95. The first-order chi connectivity index (χ1) is 8.09. The first kappa shape index (κ1) is 12.2. The number of piperidine rings is 1. The fraction of sp³-hybridized carbons (Fsp3) is 0.462. The first-order valence-electron chi connectivity index (χ1n) is 5.83. The number of carbonyl (C=O) groups excluding carboxylic acids is 1. The van der Waals surface area contributed by atoms with Gasteiger partial charge in [0.25, 0.3) is 0 Å². The Morgan fingerprint density at radius 1 is 1.29 bits per heavy atom. The lowest BCUT2D eigenvalue weighted by molar-refractivity contribution is 0.0923. The summed E-state index contributed by atoms with van der Waals surface area (Å²) in [6.07, 6.45) is 2.72. The largest absolute Gasteiger partial charge is 0.307 e. The van der Waals surface area contributed by atoms with E-state index in [0.29, 0.717) is 12.0 Å². The molecule has 1 aromatic carbocycles. The minimum absolute atomic E-state index is 0.0108. The number of halogens is 2. The van der Waals surface area contributed by atoms with Gasteiger partial charge in [-0.2, -0.15) is 0 Å². The van der Waals surface area contributed by atoms with Crippen LogP contribution in [-0.2, 0) is 0 Å². The van der Waals surface area contributed by atoms with E-state index in [1.54, 1.807) is 0 Å². The summed E-state index contributed by atoms with van der Waals surface area (Å²) in [7, 11) is 0. The Hall–Kier alpha value is -1.29. The maximum Gasteiger partial charge on any atom is 0.182 e. The van der Waals surface area contributed by atoms with Gasteiger partial charge in [-0.25, -0.2) is 8.78 Å². The highest BCUT2D eigenvalue weighted by atomic mass is 19.1. The summed E-state index contributed by atoms with van der Waals surface area (Å²) in [5, 5.41) is 3.07. The number of Topliss-reactive ketones (excluding diaryl/α,β-unsaturated/α-hetero) is 1. The zero-order chi connectivity index (χ0) is 12.4. The van der Waals surface area contributed by atoms with Crippen molar-refractivity contribution in [2.45, 2.75) is 32.2 Å². The van der Waals surface area contributed by atoms with Gasteiger partial charge in [-0.05, 0) is 37.9 Å². The molecule has 0 aliphatic carbocycles. The summed E-state index contributed by atoms with van der Waals surface area (Å²) >= 11 is 0. The second-order valence-corrected chi connectivity index (χ2v) is 4.45. The van der Waals surface area contributed by atoms with E-state index in [1.165, 1.54) is 13.0 Å². The molecule has 0 spiro atoms. The van der Waals surface area contributed by atoms with Gasteiger partial charge in [0.15, 0.2) is 5.78 Å². The molecule has 0 saturated carbocycles. The third kappa shape index (κ3) is 2.52. The van der Waals surface area contributed by atoms with Gasteiger partial charge in [0, 0.05) is 6.07 Å². The van der Waals surface area contributed by atoms with Gasteiger partial charge in [0.2, 0.25) is 0 Å². The molecule has 1 atom stereocenters. The first-order valence-corrected chi connectivity index (χ1v) is 5.83. The molecule has 92 valence electrons. The van der Waals surface area contributed by atoms with Crippen molar-refractivity contribution >= 4 is 5.78 Å². The number of rotatable bonds is 2. The van der Waals surface area contributed by atoms with E-state index in [4.69, 9.17) is 0 Å². The molecule has 1 aromatic rings. The second-order valence-electron chi connectivity index (χ2n) is 4.45. The van der Waals surface area contributed by atoms with Crippen molar-refractivity contribution < 1.29 is 13.6 Å². The average Bonchev–Trinajstić information content (AvgIpc) is 2.34. The molecule has 0 amide bonds. The molecule has 1 unspecified atom stereocenters. The van der Waals surface area contributed by atoms with Crippen LogP contribution in [0, 0.1) is 18.6 Å². The average molecular weight is 239 g/mol. The standard InChI is InChI=1S/C13H15F2NO/c1-8-6-9(11(15)7-10(8)14)13(17)12-4-2-3-5-16-12/h6-7,12,16H,2-5H2,1H3. The molecule has 0 aromatic heterocycles. The van der Waals surface area contributed by atoms with Crippen LogP contribution in [0.25, 0.3) is 0 Å². The Morgan fingerprint density at radius 2 is 2.06 bits per heavy atom. The van der Waals surface area contributed by atoms with E-state index in [0.717, 1.165) is 25.5 Å². The number of hydrogen-bond acceptors (Lipinski definition) is 2. The summed E-state index contributed by atoms with van der Waals surface area (Å²) in [5.41, 5.74) is 0.286. The van der Waals surface area contributed by atoms with Gasteiger partial charge in [-0.15, -0.1) is 0 Å². The third-order valence-electron chi connectivity index (χ3n) is 3.14. The maximum atomic E-state index is 13.5. The molecule has 1 aliphatic heterocycles. The van der Waals surface area contributed by atoms with Gasteiger partial charge in [-0.1, -0.05) is 6.42 Å². The van der Waals surface area contributed by atoms with Crippen molar-refractivity contribution in [3.63, 3.8) is 0 Å². The van der Waals surface area contributed by atoms with Crippen molar-refractivity contribution in [2.24, 2.45) is 0 Å². The molecule has 2 nitrogen and oxygen atoms in total. The predicted molar refractivity (Wildman–Crippen MR) is 61.1 cm³/mol. The number of carbonyl (C=O) groups is 1. The quantitative estimate of drug-likeness (QED) is 0.804. The van der Waals surface area contributed by atoms with E-state index in [-0.39, 0.29) is 17.4 Å². The monoisotopic (exact) mass is 239 g/mol. The fourth-order valence-electron chi connectivity index (χ4n) is 2.11. The second kappa shape index (κ2) is 4.92. The third-order valence-corrected chi connectivity index (χ3v) is 3.14. The van der Waals surface area contributed by atoms with Crippen LogP contribution >= 0.6 is 0 Å². The molecule has 1 aliphatic rings. The number of hydrogen-bond donors (Lipinski definition) is 1. The molecule has 0 radical (unpaired) electrons.